The average molecular weight is 263 g/mol. The number of nitrogens with one attached hydrogen (secondary N) is 1. The van der Waals surface area contributed by atoms with E-state index in [4.69, 9.17) is 14.7 Å². The number of aromatic nitrogens is 2. The molecular formula is C15H25N3O. The standard InChI is InChI=1S/C15H25N3O/c1-5-7-12-11-10-16-9-8-13(11)18-14(17-12)15(3,6-2)19-4/h16H,5-10H2,1-4H3. The molecule has 1 aliphatic rings. The second-order valence-electron chi connectivity index (χ2n) is 5.38. The molecule has 0 spiro atoms. The summed E-state index contributed by atoms with van der Waals surface area (Å²) in [5.74, 6) is 0.849. The van der Waals surface area contributed by atoms with E-state index in [0.717, 1.165) is 44.6 Å². The van der Waals surface area contributed by atoms with Crippen molar-refractivity contribution in [1.82, 2.24) is 15.3 Å². The number of hydrogen-bond acceptors (Lipinski definition) is 4. The Balaban J connectivity index is 2.48. The van der Waals surface area contributed by atoms with Crippen LogP contribution < -0.4 is 5.32 Å². The smallest absolute Gasteiger partial charge is 0.160 e. The maximum absolute atomic E-state index is 5.66. The average Bonchev–Trinajstić information content (AvgIpc) is 2.46. The van der Waals surface area contributed by atoms with Crippen molar-refractivity contribution in [3.8, 4) is 0 Å². The SMILES string of the molecule is CCCc1nc(C(C)(CC)OC)nc2c1CNCC2. The Kier molecular flexibility index (Phi) is 4.53. The molecule has 2 heterocycles. The highest BCUT2D eigenvalue weighted by Gasteiger charge is 2.29. The second-order valence-corrected chi connectivity index (χ2v) is 5.38. The number of hydrogen-bond donors (Lipinski definition) is 1. The van der Waals surface area contributed by atoms with E-state index in [2.05, 4.69) is 26.1 Å². The van der Waals surface area contributed by atoms with Crippen molar-refractivity contribution in [3.05, 3.63) is 22.8 Å². The van der Waals surface area contributed by atoms with Crippen molar-refractivity contribution in [2.75, 3.05) is 13.7 Å². The lowest BCUT2D eigenvalue weighted by Gasteiger charge is -2.28. The molecule has 2 rings (SSSR count). The number of methoxy groups -OCH3 is 1. The van der Waals surface area contributed by atoms with E-state index in [1.807, 2.05) is 0 Å². The van der Waals surface area contributed by atoms with Gasteiger partial charge in [-0.15, -0.1) is 0 Å². The third-order valence-corrected chi connectivity index (χ3v) is 4.10. The Bertz CT molecular complexity index is 441. The molecule has 1 aromatic rings. The van der Waals surface area contributed by atoms with Gasteiger partial charge in [0, 0.05) is 37.9 Å². The maximum atomic E-state index is 5.66. The van der Waals surface area contributed by atoms with Gasteiger partial charge in [-0.3, -0.25) is 0 Å². The molecule has 4 heteroatoms. The monoisotopic (exact) mass is 263 g/mol. The largest absolute Gasteiger partial charge is 0.371 e. The Labute approximate surface area is 116 Å². The van der Waals surface area contributed by atoms with Crippen LogP contribution in [0.25, 0.3) is 0 Å². The van der Waals surface area contributed by atoms with Crippen LogP contribution in [0.3, 0.4) is 0 Å². The first kappa shape index (κ1) is 14.4. The number of ether oxygens (including phenoxy) is 1. The van der Waals surface area contributed by atoms with Gasteiger partial charge in [-0.2, -0.15) is 0 Å². The van der Waals surface area contributed by atoms with Gasteiger partial charge in [-0.25, -0.2) is 9.97 Å². The van der Waals surface area contributed by atoms with Crippen molar-refractivity contribution in [2.24, 2.45) is 0 Å². The maximum Gasteiger partial charge on any atom is 0.160 e. The van der Waals surface area contributed by atoms with Gasteiger partial charge in [-0.05, 0) is 19.8 Å². The molecular weight excluding hydrogens is 238 g/mol. The summed E-state index contributed by atoms with van der Waals surface area (Å²) in [5.41, 5.74) is 3.35. The number of aryl methyl sites for hydroxylation is 1. The van der Waals surface area contributed by atoms with Crippen molar-refractivity contribution in [1.29, 1.82) is 0 Å². The minimum Gasteiger partial charge on any atom is -0.371 e. The molecule has 0 aliphatic carbocycles. The summed E-state index contributed by atoms with van der Waals surface area (Å²) in [7, 11) is 1.74. The summed E-state index contributed by atoms with van der Waals surface area (Å²) in [6.45, 7) is 8.30. The second kappa shape index (κ2) is 5.97. The zero-order chi connectivity index (χ0) is 13.9. The Morgan fingerprint density at radius 3 is 2.74 bits per heavy atom. The van der Waals surface area contributed by atoms with Crippen LogP contribution in [0.5, 0.6) is 0 Å². The lowest BCUT2D eigenvalue weighted by atomic mass is 9.98. The van der Waals surface area contributed by atoms with Gasteiger partial charge < -0.3 is 10.1 Å². The molecule has 0 radical (unpaired) electrons. The normalized spacial score (nSPS) is 17.9. The molecule has 0 bridgehead atoms. The molecule has 0 saturated heterocycles. The van der Waals surface area contributed by atoms with Crippen LogP contribution in [-0.2, 0) is 29.7 Å². The molecule has 1 aliphatic heterocycles. The lowest BCUT2D eigenvalue weighted by Crippen LogP contribution is -2.32. The molecule has 19 heavy (non-hydrogen) atoms. The van der Waals surface area contributed by atoms with Crippen LogP contribution in [0.2, 0.25) is 0 Å². The van der Waals surface area contributed by atoms with E-state index < -0.39 is 0 Å². The quantitative estimate of drug-likeness (QED) is 0.886. The highest BCUT2D eigenvalue weighted by Crippen LogP contribution is 2.28. The van der Waals surface area contributed by atoms with E-state index >= 15 is 0 Å². The first-order chi connectivity index (χ1) is 9.14. The molecule has 4 nitrogen and oxygen atoms in total. The third kappa shape index (κ3) is 2.79. The van der Waals surface area contributed by atoms with E-state index in [9.17, 15) is 0 Å². The highest BCUT2D eigenvalue weighted by molar-refractivity contribution is 5.29. The number of nitrogens with zero attached hydrogens (tertiary/aromatic N) is 2. The first-order valence-corrected chi connectivity index (χ1v) is 7.29. The zero-order valence-electron chi connectivity index (χ0n) is 12.5. The zero-order valence-corrected chi connectivity index (χ0v) is 12.5. The first-order valence-electron chi connectivity index (χ1n) is 7.29. The van der Waals surface area contributed by atoms with Gasteiger partial charge in [-0.1, -0.05) is 20.3 Å². The van der Waals surface area contributed by atoms with Crippen LogP contribution in [-0.4, -0.2) is 23.6 Å². The third-order valence-electron chi connectivity index (χ3n) is 4.10. The van der Waals surface area contributed by atoms with E-state index in [-0.39, 0.29) is 5.60 Å². The van der Waals surface area contributed by atoms with Crippen LogP contribution in [0.15, 0.2) is 0 Å². The fraction of sp³-hybridized carbons (Fsp3) is 0.733. The van der Waals surface area contributed by atoms with E-state index in [0.29, 0.717) is 0 Å². The Morgan fingerprint density at radius 1 is 1.32 bits per heavy atom. The highest BCUT2D eigenvalue weighted by atomic mass is 16.5. The molecule has 0 saturated carbocycles. The predicted molar refractivity (Wildman–Crippen MR) is 76.1 cm³/mol. The molecule has 0 amide bonds. The lowest BCUT2D eigenvalue weighted by molar-refractivity contribution is -0.00941. The van der Waals surface area contributed by atoms with Crippen molar-refractivity contribution < 1.29 is 4.74 Å². The molecule has 106 valence electrons. The summed E-state index contributed by atoms with van der Waals surface area (Å²) in [5, 5.41) is 3.41. The topological polar surface area (TPSA) is 47.0 Å². The molecule has 1 atom stereocenters. The summed E-state index contributed by atoms with van der Waals surface area (Å²) in [6.07, 6.45) is 4.00. The molecule has 1 aromatic heterocycles. The van der Waals surface area contributed by atoms with Crippen molar-refractivity contribution >= 4 is 0 Å². The Morgan fingerprint density at radius 2 is 2.11 bits per heavy atom. The summed E-state index contributed by atoms with van der Waals surface area (Å²) >= 11 is 0. The van der Waals surface area contributed by atoms with Gasteiger partial charge >= 0.3 is 0 Å². The molecule has 0 fully saturated rings. The van der Waals surface area contributed by atoms with E-state index in [1.54, 1.807) is 7.11 Å². The minimum atomic E-state index is -0.373. The van der Waals surface area contributed by atoms with Crippen LogP contribution in [0, 0.1) is 0 Å². The van der Waals surface area contributed by atoms with Gasteiger partial charge in [0.15, 0.2) is 5.82 Å². The fourth-order valence-corrected chi connectivity index (χ4v) is 2.49. The van der Waals surface area contributed by atoms with E-state index in [1.165, 1.54) is 17.0 Å². The van der Waals surface area contributed by atoms with Gasteiger partial charge in [0.1, 0.15) is 5.60 Å². The Hall–Kier alpha value is -1.00. The van der Waals surface area contributed by atoms with Gasteiger partial charge in [0.05, 0.1) is 5.69 Å². The van der Waals surface area contributed by atoms with Crippen LogP contribution >= 0.6 is 0 Å². The summed E-state index contributed by atoms with van der Waals surface area (Å²) < 4.78 is 5.66. The van der Waals surface area contributed by atoms with Crippen LogP contribution in [0.1, 0.15) is 56.4 Å². The summed E-state index contributed by atoms with van der Waals surface area (Å²) in [6, 6.07) is 0. The molecule has 0 aromatic carbocycles. The van der Waals surface area contributed by atoms with Crippen molar-refractivity contribution in [3.63, 3.8) is 0 Å². The van der Waals surface area contributed by atoms with Crippen LogP contribution in [0.4, 0.5) is 0 Å². The fourth-order valence-electron chi connectivity index (χ4n) is 2.49. The van der Waals surface area contributed by atoms with Gasteiger partial charge in [0.2, 0.25) is 0 Å². The number of rotatable bonds is 5. The number of fused-ring (bicyclic) bond motifs is 1. The minimum absolute atomic E-state index is 0.373. The van der Waals surface area contributed by atoms with Gasteiger partial charge in [0.25, 0.3) is 0 Å². The van der Waals surface area contributed by atoms with Crippen molar-refractivity contribution in [2.45, 2.75) is 58.6 Å². The molecule has 1 N–H and O–H groups in total. The summed E-state index contributed by atoms with van der Waals surface area (Å²) in [4.78, 5) is 9.61. The predicted octanol–water partition coefficient (Wildman–Crippen LogP) is 2.35. The molecule has 1 unspecified atom stereocenters.